The van der Waals surface area contributed by atoms with Gasteiger partial charge in [0.1, 0.15) is 0 Å². The smallest absolute Gasteiger partial charge is 0.0809 e. The number of pyridine rings is 1. The van der Waals surface area contributed by atoms with Gasteiger partial charge >= 0.3 is 0 Å². The Labute approximate surface area is 102 Å². The molecule has 16 heavy (non-hydrogen) atoms. The first-order valence-corrected chi connectivity index (χ1v) is 6.19. The standard InChI is InChI=1S/C13H8ClNS/c14-10-5-3-9-4-6-11(15-12(9)8-10)13-2-1-7-16-13/h1-8H. The maximum Gasteiger partial charge on any atom is 0.0809 e. The third-order valence-corrected chi connectivity index (χ3v) is 3.56. The quantitative estimate of drug-likeness (QED) is 0.610. The van der Waals surface area contributed by atoms with Crippen LogP contribution in [0.3, 0.4) is 0 Å². The van der Waals surface area contributed by atoms with Gasteiger partial charge in [-0.1, -0.05) is 29.8 Å². The van der Waals surface area contributed by atoms with E-state index < -0.39 is 0 Å². The van der Waals surface area contributed by atoms with Crippen molar-refractivity contribution in [3.05, 3.63) is 52.9 Å². The average molecular weight is 246 g/mol. The molecule has 2 heterocycles. The molecule has 0 aliphatic carbocycles. The van der Waals surface area contributed by atoms with Crippen molar-refractivity contribution in [2.75, 3.05) is 0 Å². The van der Waals surface area contributed by atoms with Crippen LogP contribution in [-0.2, 0) is 0 Å². The third kappa shape index (κ3) is 1.70. The predicted octanol–water partition coefficient (Wildman–Crippen LogP) is 4.62. The summed E-state index contributed by atoms with van der Waals surface area (Å²) in [7, 11) is 0. The number of thiophene rings is 1. The van der Waals surface area contributed by atoms with Gasteiger partial charge in [-0.25, -0.2) is 4.98 Å². The number of halogens is 1. The molecule has 3 heteroatoms. The largest absolute Gasteiger partial charge is 0.247 e. The molecule has 0 fully saturated rings. The van der Waals surface area contributed by atoms with Crippen LogP contribution in [0.15, 0.2) is 47.8 Å². The number of hydrogen-bond donors (Lipinski definition) is 0. The number of benzene rings is 1. The molecular formula is C13H8ClNS. The summed E-state index contributed by atoms with van der Waals surface area (Å²) in [5.74, 6) is 0. The number of hydrogen-bond acceptors (Lipinski definition) is 2. The lowest BCUT2D eigenvalue weighted by Crippen LogP contribution is -1.82. The number of nitrogens with zero attached hydrogens (tertiary/aromatic N) is 1. The summed E-state index contributed by atoms with van der Waals surface area (Å²) < 4.78 is 0. The summed E-state index contributed by atoms with van der Waals surface area (Å²) in [5, 5.41) is 3.90. The molecule has 0 aliphatic heterocycles. The molecule has 0 amide bonds. The zero-order valence-corrected chi connectivity index (χ0v) is 9.92. The van der Waals surface area contributed by atoms with Crippen molar-refractivity contribution in [3.8, 4) is 10.6 Å². The van der Waals surface area contributed by atoms with Crippen LogP contribution in [0.4, 0.5) is 0 Å². The van der Waals surface area contributed by atoms with Crippen molar-refractivity contribution in [1.29, 1.82) is 0 Å². The molecule has 3 rings (SSSR count). The summed E-state index contributed by atoms with van der Waals surface area (Å²) >= 11 is 7.65. The van der Waals surface area contributed by atoms with Gasteiger partial charge in [-0.2, -0.15) is 0 Å². The van der Waals surface area contributed by atoms with Crippen molar-refractivity contribution in [3.63, 3.8) is 0 Å². The predicted molar refractivity (Wildman–Crippen MR) is 70.1 cm³/mol. The van der Waals surface area contributed by atoms with Crippen LogP contribution in [0.5, 0.6) is 0 Å². The fourth-order valence-corrected chi connectivity index (χ4v) is 2.51. The van der Waals surface area contributed by atoms with Crippen LogP contribution >= 0.6 is 22.9 Å². The molecule has 1 aromatic carbocycles. The van der Waals surface area contributed by atoms with Gasteiger partial charge in [0.05, 0.1) is 16.1 Å². The molecular weight excluding hydrogens is 238 g/mol. The van der Waals surface area contributed by atoms with Gasteiger partial charge in [-0.3, -0.25) is 0 Å². The molecule has 0 saturated carbocycles. The Morgan fingerprint density at radius 1 is 1.06 bits per heavy atom. The van der Waals surface area contributed by atoms with Gasteiger partial charge in [0.15, 0.2) is 0 Å². The minimum Gasteiger partial charge on any atom is -0.247 e. The molecule has 0 unspecified atom stereocenters. The second-order valence-corrected chi connectivity index (χ2v) is 4.89. The highest BCUT2D eigenvalue weighted by Crippen LogP contribution is 2.26. The summed E-state index contributed by atoms with van der Waals surface area (Å²) in [4.78, 5) is 5.79. The van der Waals surface area contributed by atoms with Crippen molar-refractivity contribution in [1.82, 2.24) is 4.98 Å². The van der Waals surface area contributed by atoms with Crippen molar-refractivity contribution < 1.29 is 0 Å². The third-order valence-electron chi connectivity index (χ3n) is 2.43. The lowest BCUT2D eigenvalue weighted by Gasteiger charge is -2.01. The Bertz CT molecular complexity index is 631. The molecule has 0 atom stereocenters. The highest BCUT2D eigenvalue weighted by Gasteiger charge is 2.02. The van der Waals surface area contributed by atoms with E-state index in [0.717, 1.165) is 21.6 Å². The van der Waals surface area contributed by atoms with E-state index in [-0.39, 0.29) is 0 Å². The van der Waals surface area contributed by atoms with Gasteiger partial charge in [0.25, 0.3) is 0 Å². The maximum absolute atomic E-state index is 5.96. The van der Waals surface area contributed by atoms with Crippen LogP contribution in [0.1, 0.15) is 0 Å². The Morgan fingerprint density at radius 2 is 1.94 bits per heavy atom. The second-order valence-electron chi connectivity index (χ2n) is 3.51. The summed E-state index contributed by atoms with van der Waals surface area (Å²) in [6.45, 7) is 0. The van der Waals surface area contributed by atoms with Gasteiger partial charge < -0.3 is 0 Å². The van der Waals surface area contributed by atoms with Gasteiger partial charge in [-0.05, 0) is 29.6 Å². The van der Waals surface area contributed by atoms with Gasteiger partial charge in [0.2, 0.25) is 0 Å². The molecule has 0 spiro atoms. The molecule has 0 aliphatic rings. The highest BCUT2D eigenvalue weighted by atomic mass is 35.5. The van der Waals surface area contributed by atoms with E-state index in [1.165, 1.54) is 4.88 Å². The Morgan fingerprint density at radius 3 is 2.75 bits per heavy atom. The van der Waals surface area contributed by atoms with Gasteiger partial charge in [0, 0.05) is 10.4 Å². The Balaban J connectivity index is 2.22. The molecule has 1 nitrogen and oxygen atoms in total. The molecule has 78 valence electrons. The van der Waals surface area contributed by atoms with Crippen molar-refractivity contribution >= 4 is 33.8 Å². The van der Waals surface area contributed by atoms with Crippen LogP contribution in [0.25, 0.3) is 21.5 Å². The normalized spacial score (nSPS) is 10.8. The van der Waals surface area contributed by atoms with E-state index in [2.05, 4.69) is 22.5 Å². The van der Waals surface area contributed by atoms with Crippen molar-refractivity contribution in [2.24, 2.45) is 0 Å². The number of fused-ring (bicyclic) bond motifs is 1. The highest BCUT2D eigenvalue weighted by molar-refractivity contribution is 7.13. The molecule has 0 radical (unpaired) electrons. The Hall–Kier alpha value is -1.38. The molecule has 0 bridgehead atoms. The van der Waals surface area contributed by atoms with E-state index in [4.69, 9.17) is 11.6 Å². The first kappa shape index (κ1) is 9.82. The van der Waals surface area contributed by atoms with Crippen LogP contribution in [0, 0.1) is 0 Å². The van der Waals surface area contributed by atoms with Crippen LogP contribution in [-0.4, -0.2) is 4.98 Å². The number of rotatable bonds is 1. The molecule has 3 aromatic rings. The Kier molecular flexibility index (Phi) is 2.39. The van der Waals surface area contributed by atoms with E-state index >= 15 is 0 Å². The fraction of sp³-hybridized carbons (Fsp3) is 0. The zero-order valence-electron chi connectivity index (χ0n) is 8.35. The maximum atomic E-state index is 5.96. The van der Waals surface area contributed by atoms with Crippen molar-refractivity contribution in [2.45, 2.75) is 0 Å². The summed E-state index contributed by atoms with van der Waals surface area (Å²) in [6, 6.07) is 14.0. The van der Waals surface area contributed by atoms with Crippen LogP contribution < -0.4 is 0 Å². The molecule has 0 N–H and O–H groups in total. The lowest BCUT2D eigenvalue weighted by molar-refractivity contribution is 1.42. The van der Waals surface area contributed by atoms with E-state index in [9.17, 15) is 0 Å². The minimum absolute atomic E-state index is 0.725. The lowest BCUT2D eigenvalue weighted by atomic mass is 10.2. The minimum atomic E-state index is 0.725. The number of aromatic nitrogens is 1. The average Bonchev–Trinajstić information content (AvgIpc) is 2.81. The van der Waals surface area contributed by atoms with E-state index in [1.54, 1.807) is 11.3 Å². The fourth-order valence-electron chi connectivity index (χ4n) is 1.65. The monoisotopic (exact) mass is 245 g/mol. The summed E-state index contributed by atoms with van der Waals surface area (Å²) in [5.41, 5.74) is 1.95. The summed E-state index contributed by atoms with van der Waals surface area (Å²) in [6.07, 6.45) is 0. The zero-order chi connectivity index (χ0) is 11.0. The SMILES string of the molecule is Clc1ccc2ccc(-c3cccs3)nc2c1. The molecule has 0 saturated heterocycles. The first-order chi connectivity index (χ1) is 7.83. The topological polar surface area (TPSA) is 12.9 Å². The van der Waals surface area contributed by atoms with Gasteiger partial charge in [-0.15, -0.1) is 11.3 Å². The second kappa shape index (κ2) is 3.89. The first-order valence-electron chi connectivity index (χ1n) is 4.93. The molecule has 2 aromatic heterocycles. The van der Waals surface area contributed by atoms with Crippen LogP contribution in [0.2, 0.25) is 5.02 Å². The van der Waals surface area contributed by atoms with E-state index in [0.29, 0.717) is 0 Å². The van der Waals surface area contributed by atoms with E-state index in [1.807, 2.05) is 30.3 Å².